The Morgan fingerprint density at radius 2 is 1.96 bits per heavy atom. The Kier molecular flexibility index (Phi) is 7.21. The van der Waals surface area contributed by atoms with Gasteiger partial charge in [0.05, 0.1) is 6.54 Å². The number of aromatic nitrogens is 2. The molecule has 0 spiro atoms. The second-order valence-corrected chi connectivity index (χ2v) is 7.13. The molecule has 6 nitrogen and oxygen atoms in total. The van der Waals surface area contributed by atoms with E-state index in [4.69, 9.17) is 11.6 Å². The van der Waals surface area contributed by atoms with Gasteiger partial charge in [-0.15, -0.1) is 0 Å². The third-order valence-corrected chi connectivity index (χ3v) is 4.27. The molecule has 26 heavy (non-hydrogen) atoms. The lowest BCUT2D eigenvalue weighted by molar-refractivity contribution is -0.132. The first-order valence-electron chi connectivity index (χ1n) is 8.65. The quantitative estimate of drug-likeness (QED) is 0.770. The fourth-order valence-electron chi connectivity index (χ4n) is 2.60. The maximum atomic E-state index is 12.8. The van der Waals surface area contributed by atoms with E-state index in [1.54, 1.807) is 47.1 Å². The van der Waals surface area contributed by atoms with E-state index >= 15 is 0 Å². The van der Waals surface area contributed by atoms with Gasteiger partial charge in [0, 0.05) is 36.6 Å². The molecule has 0 aliphatic rings. The number of carbonyl (C=O) groups excluding carboxylic acids is 2. The summed E-state index contributed by atoms with van der Waals surface area (Å²) in [4.78, 5) is 26.9. The first-order valence-corrected chi connectivity index (χ1v) is 9.03. The van der Waals surface area contributed by atoms with E-state index < -0.39 is 6.04 Å². The second kappa shape index (κ2) is 9.38. The second-order valence-electron chi connectivity index (χ2n) is 6.69. The van der Waals surface area contributed by atoms with Gasteiger partial charge in [0.15, 0.2) is 0 Å². The van der Waals surface area contributed by atoms with Crippen LogP contribution < -0.4 is 5.32 Å². The summed E-state index contributed by atoms with van der Waals surface area (Å²) in [5.74, 6) is -0.108. The van der Waals surface area contributed by atoms with Crippen LogP contribution in [0.15, 0.2) is 42.7 Å². The summed E-state index contributed by atoms with van der Waals surface area (Å²) in [6, 6.07) is 7.89. The topological polar surface area (TPSA) is 67.2 Å². The molecule has 0 bridgehead atoms. The Balaban J connectivity index is 2.01. The number of hydrogen-bond acceptors (Lipinski definition) is 3. The molecule has 2 amide bonds. The lowest BCUT2D eigenvalue weighted by atomic mass is 10.0. The molecule has 1 aromatic carbocycles. The minimum atomic E-state index is -0.569. The van der Waals surface area contributed by atoms with Crippen molar-refractivity contribution in [2.24, 2.45) is 5.92 Å². The van der Waals surface area contributed by atoms with Crippen LogP contribution in [-0.2, 0) is 11.3 Å². The van der Waals surface area contributed by atoms with E-state index in [9.17, 15) is 9.59 Å². The maximum Gasteiger partial charge on any atom is 0.251 e. The minimum Gasteiger partial charge on any atom is -0.342 e. The predicted octanol–water partition coefficient (Wildman–Crippen LogP) is 2.84. The van der Waals surface area contributed by atoms with Gasteiger partial charge < -0.3 is 10.2 Å². The molecule has 0 radical (unpaired) electrons. The van der Waals surface area contributed by atoms with E-state index in [1.165, 1.54) is 0 Å². The third kappa shape index (κ3) is 5.88. The van der Waals surface area contributed by atoms with Crippen molar-refractivity contribution in [2.75, 3.05) is 13.6 Å². The van der Waals surface area contributed by atoms with Crippen molar-refractivity contribution in [3.05, 3.63) is 53.3 Å². The number of benzene rings is 1. The molecule has 7 heteroatoms. The number of nitrogens with one attached hydrogen (secondary N) is 1. The highest BCUT2D eigenvalue weighted by Crippen LogP contribution is 2.12. The molecule has 0 aliphatic heterocycles. The Morgan fingerprint density at radius 1 is 1.27 bits per heavy atom. The van der Waals surface area contributed by atoms with Gasteiger partial charge in [-0.1, -0.05) is 25.4 Å². The molecule has 2 rings (SSSR count). The maximum absolute atomic E-state index is 12.8. The predicted molar refractivity (Wildman–Crippen MR) is 102 cm³/mol. The molecule has 1 aromatic heterocycles. The van der Waals surface area contributed by atoms with Gasteiger partial charge in [-0.05, 0) is 42.7 Å². The highest BCUT2D eigenvalue weighted by Gasteiger charge is 2.25. The molecular formula is C19H25ClN4O2. The van der Waals surface area contributed by atoms with Gasteiger partial charge in [-0.25, -0.2) is 0 Å². The van der Waals surface area contributed by atoms with Gasteiger partial charge in [-0.3, -0.25) is 14.3 Å². The standard InChI is InChI=1S/C19H25ClN4O2/c1-14(2)13-17(22-18(25)15-5-7-16(20)8-6-15)19(26)23(3)11-12-24-10-4-9-21-24/h4-10,14,17H,11-13H2,1-3H3,(H,22,25). The van der Waals surface area contributed by atoms with Crippen LogP contribution in [0, 0.1) is 5.92 Å². The number of likely N-dealkylation sites (N-methyl/N-ethyl adjacent to an activating group) is 1. The van der Waals surface area contributed by atoms with Crippen LogP contribution in [0.2, 0.25) is 5.02 Å². The fourth-order valence-corrected chi connectivity index (χ4v) is 2.72. The largest absolute Gasteiger partial charge is 0.342 e. The van der Waals surface area contributed by atoms with Crippen molar-refractivity contribution in [3.8, 4) is 0 Å². The lowest BCUT2D eigenvalue weighted by Gasteiger charge is -2.26. The number of hydrogen-bond donors (Lipinski definition) is 1. The Morgan fingerprint density at radius 3 is 2.54 bits per heavy atom. The van der Waals surface area contributed by atoms with Crippen molar-refractivity contribution in [1.82, 2.24) is 20.0 Å². The molecule has 140 valence electrons. The number of carbonyl (C=O) groups is 2. The molecular weight excluding hydrogens is 352 g/mol. The molecule has 2 aromatic rings. The van der Waals surface area contributed by atoms with Crippen molar-refractivity contribution in [1.29, 1.82) is 0 Å². The molecule has 1 atom stereocenters. The first-order chi connectivity index (χ1) is 12.4. The first kappa shape index (κ1) is 20.0. The average Bonchev–Trinajstić information content (AvgIpc) is 3.12. The van der Waals surface area contributed by atoms with Crippen LogP contribution in [0.1, 0.15) is 30.6 Å². The van der Waals surface area contributed by atoms with Gasteiger partial charge in [0.1, 0.15) is 6.04 Å². The van der Waals surface area contributed by atoms with Crippen LogP contribution in [0.25, 0.3) is 0 Å². The summed E-state index contributed by atoms with van der Waals surface area (Å²) in [6.07, 6.45) is 4.13. The smallest absolute Gasteiger partial charge is 0.251 e. The van der Waals surface area contributed by atoms with Crippen molar-refractivity contribution in [2.45, 2.75) is 32.9 Å². The Hall–Kier alpha value is -2.34. The summed E-state index contributed by atoms with van der Waals surface area (Å²) in [7, 11) is 1.74. The van der Waals surface area contributed by atoms with Crippen LogP contribution in [0.5, 0.6) is 0 Å². The molecule has 1 heterocycles. The van der Waals surface area contributed by atoms with Crippen molar-refractivity contribution < 1.29 is 9.59 Å². The fraction of sp³-hybridized carbons (Fsp3) is 0.421. The summed E-state index contributed by atoms with van der Waals surface area (Å²) < 4.78 is 1.77. The highest BCUT2D eigenvalue weighted by atomic mass is 35.5. The SMILES string of the molecule is CC(C)CC(NC(=O)c1ccc(Cl)cc1)C(=O)N(C)CCn1cccn1. The number of halogens is 1. The van der Waals surface area contributed by atoms with Crippen molar-refractivity contribution in [3.63, 3.8) is 0 Å². The van der Waals surface area contributed by atoms with E-state index in [0.29, 0.717) is 30.1 Å². The number of amides is 2. The van der Waals surface area contributed by atoms with Crippen molar-refractivity contribution >= 4 is 23.4 Å². The van der Waals surface area contributed by atoms with Crippen LogP contribution >= 0.6 is 11.6 Å². The van der Waals surface area contributed by atoms with E-state index in [0.717, 1.165) is 0 Å². The molecule has 0 aliphatic carbocycles. The summed E-state index contributed by atoms with van der Waals surface area (Å²) >= 11 is 5.86. The molecule has 1 unspecified atom stereocenters. The van der Waals surface area contributed by atoms with Gasteiger partial charge in [0.25, 0.3) is 5.91 Å². The molecule has 0 fully saturated rings. The Labute approximate surface area is 159 Å². The lowest BCUT2D eigenvalue weighted by Crippen LogP contribution is -2.48. The summed E-state index contributed by atoms with van der Waals surface area (Å²) in [5.41, 5.74) is 0.482. The number of rotatable bonds is 8. The average molecular weight is 377 g/mol. The molecule has 0 saturated heterocycles. The van der Waals surface area contributed by atoms with E-state index in [2.05, 4.69) is 10.4 Å². The monoisotopic (exact) mass is 376 g/mol. The number of nitrogens with zero attached hydrogens (tertiary/aromatic N) is 3. The van der Waals surface area contributed by atoms with Crippen LogP contribution in [0.3, 0.4) is 0 Å². The third-order valence-electron chi connectivity index (χ3n) is 4.02. The highest BCUT2D eigenvalue weighted by molar-refractivity contribution is 6.30. The van der Waals surface area contributed by atoms with Gasteiger partial charge in [-0.2, -0.15) is 5.10 Å². The zero-order chi connectivity index (χ0) is 19.1. The molecule has 1 N–H and O–H groups in total. The van der Waals surface area contributed by atoms with Crippen LogP contribution in [0.4, 0.5) is 0 Å². The van der Waals surface area contributed by atoms with Gasteiger partial charge >= 0.3 is 0 Å². The zero-order valence-corrected chi connectivity index (χ0v) is 16.1. The summed E-state index contributed by atoms with van der Waals surface area (Å²) in [6.45, 7) is 5.18. The van der Waals surface area contributed by atoms with E-state index in [-0.39, 0.29) is 17.7 Å². The molecule has 0 saturated carbocycles. The van der Waals surface area contributed by atoms with E-state index in [1.807, 2.05) is 26.1 Å². The zero-order valence-electron chi connectivity index (χ0n) is 15.4. The Bertz CT molecular complexity index is 714. The summed E-state index contributed by atoms with van der Waals surface area (Å²) in [5, 5.41) is 7.56. The minimum absolute atomic E-state index is 0.104. The van der Waals surface area contributed by atoms with Crippen LogP contribution in [-0.4, -0.2) is 46.1 Å². The van der Waals surface area contributed by atoms with Gasteiger partial charge in [0.2, 0.25) is 5.91 Å². The normalized spacial score (nSPS) is 12.0.